The molecule has 0 unspecified atom stereocenters. The minimum atomic E-state index is 0.132. The minimum absolute atomic E-state index is 0.132. The minimum Gasteiger partial charge on any atom is -0.340 e. The predicted molar refractivity (Wildman–Crippen MR) is 85.1 cm³/mol. The van der Waals surface area contributed by atoms with Crippen LogP contribution < -0.4 is 0 Å². The lowest BCUT2D eigenvalue weighted by Gasteiger charge is -2.08. The lowest BCUT2D eigenvalue weighted by Crippen LogP contribution is -2.01. The molecule has 0 N–H and O–H groups in total. The monoisotopic (exact) mass is 337 g/mol. The third-order valence-electron chi connectivity index (χ3n) is 3.25. The van der Waals surface area contributed by atoms with E-state index >= 15 is 0 Å². The molecule has 0 radical (unpaired) electrons. The van der Waals surface area contributed by atoms with E-state index in [1.807, 2.05) is 0 Å². The van der Waals surface area contributed by atoms with Crippen LogP contribution in [0.2, 0.25) is 0 Å². The van der Waals surface area contributed by atoms with Crippen molar-refractivity contribution in [1.29, 1.82) is 0 Å². The first-order valence-corrected chi connectivity index (χ1v) is 8.64. The maximum absolute atomic E-state index is 2.49. The Morgan fingerprint density at radius 1 is 1.24 bits per heavy atom. The van der Waals surface area contributed by atoms with E-state index in [2.05, 4.69) is 49.9 Å². The van der Waals surface area contributed by atoms with Gasteiger partial charge in [-0.05, 0) is 26.7 Å². The quantitative estimate of drug-likeness (QED) is 0.725. The molecule has 0 saturated carbocycles. The SMILES string of the molecule is CCCCn1c2c(c3ccccc31)C=IC=C2. The summed E-state index contributed by atoms with van der Waals surface area (Å²) in [5.41, 5.74) is 4.30. The highest BCUT2D eigenvalue weighted by molar-refractivity contribution is 14.2. The van der Waals surface area contributed by atoms with Gasteiger partial charge in [-0.25, -0.2) is 0 Å². The third-order valence-corrected chi connectivity index (χ3v) is 5.01. The lowest BCUT2D eigenvalue weighted by atomic mass is 10.1. The fraction of sp³-hybridized carbons (Fsp3) is 0.267. The summed E-state index contributed by atoms with van der Waals surface area (Å²) in [4.78, 5) is 0. The van der Waals surface area contributed by atoms with Gasteiger partial charge in [0.25, 0.3) is 0 Å². The normalized spacial score (nSPS) is 13.7. The molecule has 0 spiro atoms. The van der Waals surface area contributed by atoms with Crippen LogP contribution in [0.3, 0.4) is 0 Å². The van der Waals surface area contributed by atoms with Crippen LogP contribution in [0.4, 0.5) is 0 Å². The van der Waals surface area contributed by atoms with Gasteiger partial charge in [-0.2, -0.15) is 0 Å². The second-order valence-electron chi connectivity index (χ2n) is 4.35. The standard InChI is InChI=1S/C15H16IN/c1-2-3-10-17-14-7-5-4-6-12(14)13-11-16-9-8-15(13)17/h4-9,11H,2-3,10H2,1H3. The van der Waals surface area contributed by atoms with Gasteiger partial charge in [0.05, 0.1) is 0 Å². The molecule has 0 amide bonds. The highest BCUT2D eigenvalue weighted by Crippen LogP contribution is 2.30. The first-order chi connectivity index (χ1) is 8.42. The van der Waals surface area contributed by atoms with Crippen molar-refractivity contribution in [3.8, 4) is 0 Å². The second-order valence-corrected chi connectivity index (χ2v) is 6.41. The van der Waals surface area contributed by atoms with Crippen molar-refractivity contribution in [3.63, 3.8) is 0 Å². The molecule has 2 heteroatoms. The van der Waals surface area contributed by atoms with Crippen molar-refractivity contribution in [2.45, 2.75) is 26.3 Å². The summed E-state index contributed by atoms with van der Waals surface area (Å²) in [5, 5.41) is 1.43. The number of aryl methyl sites for hydroxylation is 1. The number of unbranched alkanes of at least 4 members (excludes halogenated alkanes) is 1. The number of rotatable bonds is 3. The Bertz CT molecular complexity index is 605. The molecule has 0 saturated heterocycles. The van der Waals surface area contributed by atoms with Gasteiger partial charge in [0.15, 0.2) is 0 Å². The lowest BCUT2D eigenvalue weighted by molar-refractivity contribution is 0.646. The van der Waals surface area contributed by atoms with E-state index in [1.165, 1.54) is 35.0 Å². The van der Waals surface area contributed by atoms with E-state index in [1.54, 1.807) is 0 Å². The van der Waals surface area contributed by atoms with Crippen molar-refractivity contribution in [2.24, 2.45) is 0 Å². The van der Waals surface area contributed by atoms with Crippen LogP contribution >= 0.6 is 20.7 Å². The van der Waals surface area contributed by atoms with Gasteiger partial charge in [0, 0.05) is 28.7 Å². The first kappa shape index (κ1) is 11.2. The maximum Gasteiger partial charge on any atom is 0.0500 e. The van der Waals surface area contributed by atoms with E-state index < -0.39 is 0 Å². The molecular weight excluding hydrogens is 321 g/mol. The van der Waals surface area contributed by atoms with Crippen LogP contribution in [0.15, 0.2) is 28.3 Å². The maximum atomic E-state index is 2.49. The molecule has 1 aromatic heterocycles. The molecule has 2 aromatic rings. The molecule has 1 aliphatic heterocycles. The van der Waals surface area contributed by atoms with Gasteiger partial charge < -0.3 is 4.57 Å². The Labute approximate surface area is 112 Å². The Balaban J connectivity index is 2.25. The molecule has 0 atom stereocenters. The molecule has 0 bridgehead atoms. The van der Waals surface area contributed by atoms with Crippen LogP contribution in [0.25, 0.3) is 17.0 Å². The fourth-order valence-corrected chi connectivity index (χ4v) is 4.17. The highest BCUT2D eigenvalue weighted by atomic mass is 127. The average Bonchev–Trinajstić information content (AvgIpc) is 2.71. The molecule has 1 aromatic carbocycles. The van der Waals surface area contributed by atoms with E-state index in [0.29, 0.717) is 0 Å². The number of aromatic nitrogens is 1. The molecule has 2 heterocycles. The molecule has 0 aliphatic carbocycles. The molecule has 0 fully saturated rings. The van der Waals surface area contributed by atoms with E-state index in [0.717, 1.165) is 6.54 Å². The summed E-state index contributed by atoms with van der Waals surface area (Å²) < 4.78 is 7.31. The Morgan fingerprint density at radius 3 is 3.00 bits per heavy atom. The Morgan fingerprint density at radius 2 is 2.12 bits per heavy atom. The van der Waals surface area contributed by atoms with Crippen molar-refractivity contribution < 1.29 is 0 Å². The van der Waals surface area contributed by atoms with Gasteiger partial charge >= 0.3 is 0 Å². The predicted octanol–water partition coefficient (Wildman–Crippen LogP) is 4.55. The first-order valence-electron chi connectivity index (χ1n) is 6.15. The number of nitrogens with zero attached hydrogens (tertiary/aromatic N) is 1. The van der Waals surface area contributed by atoms with Gasteiger partial charge in [-0.3, -0.25) is 0 Å². The Hall–Kier alpha value is -0.900. The van der Waals surface area contributed by atoms with Crippen LogP contribution in [-0.2, 0) is 6.54 Å². The molecule has 1 nitrogen and oxygen atoms in total. The number of halogens is 1. The smallest absolute Gasteiger partial charge is 0.0500 e. The van der Waals surface area contributed by atoms with E-state index in [-0.39, 0.29) is 20.7 Å². The van der Waals surface area contributed by atoms with Crippen molar-refractivity contribution in [2.75, 3.05) is 0 Å². The van der Waals surface area contributed by atoms with Crippen molar-refractivity contribution in [3.05, 3.63) is 39.6 Å². The van der Waals surface area contributed by atoms with Gasteiger partial charge in [0.1, 0.15) is 0 Å². The summed E-state index contributed by atoms with van der Waals surface area (Å²) in [6.45, 7) is 3.40. The Kier molecular flexibility index (Phi) is 3.14. The zero-order chi connectivity index (χ0) is 11.7. The van der Waals surface area contributed by atoms with E-state index in [9.17, 15) is 0 Å². The topological polar surface area (TPSA) is 4.93 Å². The van der Waals surface area contributed by atoms with Crippen molar-refractivity contribution in [1.82, 2.24) is 4.57 Å². The van der Waals surface area contributed by atoms with Crippen LogP contribution in [0, 0.1) is 0 Å². The number of fused-ring (bicyclic) bond motifs is 3. The van der Waals surface area contributed by atoms with E-state index in [4.69, 9.17) is 0 Å². The van der Waals surface area contributed by atoms with Gasteiger partial charge in [-0.1, -0.05) is 52.3 Å². The zero-order valence-electron chi connectivity index (χ0n) is 9.99. The molecule has 88 valence electrons. The highest BCUT2D eigenvalue weighted by Gasteiger charge is 2.13. The molecule has 3 rings (SSSR count). The van der Waals surface area contributed by atoms with Crippen LogP contribution in [0.1, 0.15) is 31.0 Å². The summed E-state index contributed by atoms with van der Waals surface area (Å²) in [6.07, 6.45) is 4.84. The molecule has 17 heavy (non-hydrogen) atoms. The second kappa shape index (κ2) is 4.77. The number of hydrogen-bond acceptors (Lipinski definition) is 0. The summed E-state index contributed by atoms with van der Waals surface area (Å²) in [6, 6.07) is 8.81. The summed E-state index contributed by atoms with van der Waals surface area (Å²) >= 11 is 0.132. The summed E-state index contributed by atoms with van der Waals surface area (Å²) in [5.74, 6) is 0. The summed E-state index contributed by atoms with van der Waals surface area (Å²) in [7, 11) is 0. The number of hydrogen-bond donors (Lipinski definition) is 0. The van der Waals surface area contributed by atoms with Crippen molar-refractivity contribution >= 4 is 41.7 Å². The van der Waals surface area contributed by atoms with Gasteiger partial charge in [0.2, 0.25) is 0 Å². The largest absolute Gasteiger partial charge is 0.340 e. The molecular formula is C15H16IN. The van der Waals surface area contributed by atoms with Crippen LogP contribution in [0.5, 0.6) is 0 Å². The average molecular weight is 337 g/mol. The number of para-hydroxylation sites is 1. The number of benzene rings is 1. The van der Waals surface area contributed by atoms with Crippen LogP contribution in [-0.4, -0.2) is 8.58 Å². The molecule has 1 aliphatic rings. The zero-order valence-corrected chi connectivity index (χ0v) is 12.1. The third kappa shape index (κ3) is 1.88. The van der Waals surface area contributed by atoms with Gasteiger partial charge in [-0.15, -0.1) is 0 Å². The fourth-order valence-electron chi connectivity index (χ4n) is 2.40.